The van der Waals surface area contributed by atoms with Gasteiger partial charge in [0.1, 0.15) is 17.3 Å². The van der Waals surface area contributed by atoms with E-state index in [0.717, 1.165) is 53.7 Å². The number of nitrogens with one attached hydrogen (secondary N) is 1. The summed E-state index contributed by atoms with van der Waals surface area (Å²) in [6.07, 6.45) is 0. The van der Waals surface area contributed by atoms with Crippen molar-refractivity contribution in [1.29, 1.82) is 0 Å². The molecule has 1 aliphatic heterocycles. The molecule has 33 heavy (non-hydrogen) atoms. The van der Waals surface area contributed by atoms with Gasteiger partial charge in [0.05, 0.1) is 24.7 Å². The smallest absolute Gasteiger partial charge is 0.262 e. The molecule has 1 amide bonds. The molecule has 0 atom stereocenters. The van der Waals surface area contributed by atoms with E-state index in [4.69, 9.17) is 14.5 Å². The molecule has 0 saturated carbocycles. The van der Waals surface area contributed by atoms with Crippen LogP contribution < -0.4 is 19.7 Å². The summed E-state index contributed by atoms with van der Waals surface area (Å²) in [4.78, 5) is 19.6. The summed E-state index contributed by atoms with van der Waals surface area (Å²) in [5.74, 6) is 2.22. The van der Waals surface area contributed by atoms with Gasteiger partial charge in [0.2, 0.25) is 0 Å². The van der Waals surface area contributed by atoms with Crippen LogP contribution in [0.4, 0.5) is 11.4 Å². The topological polar surface area (TPSA) is 68.6 Å². The molecular formula is C26H26N4O3. The van der Waals surface area contributed by atoms with Crippen LogP contribution >= 0.6 is 0 Å². The number of rotatable bonds is 6. The Morgan fingerprint density at radius 2 is 1.82 bits per heavy atom. The number of anilines is 2. The summed E-state index contributed by atoms with van der Waals surface area (Å²) < 4.78 is 13.0. The second-order valence-electron chi connectivity index (χ2n) is 8.10. The highest BCUT2D eigenvalue weighted by Crippen LogP contribution is 2.28. The second-order valence-corrected chi connectivity index (χ2v) is 8.10. The van der Waals surface area contributed by atoms with Crippen molar-refractivity contribution in [1.82, 2.24) is 9.55 Å². The number of para-hydroxylation sites is 2. The van der Waals surface area contributed by atoms with Gasteiger partial charge in [-0.15, -0.1) is 0 Å². The standard InChI is InChI=1S/C26H26N4O3/c1-18-7-8-19(29-13-14-30-24-6-4-3-5-22(24)27-25(30)16-29)15-23(18)28-26(31)17-33-21-11-9-20(32-2)10-12-21/h3-12,15H,13-14,16-17H2,1-2H3,(H,28,31). The first-order valence-electron chi connectivity index (χ1n) is 11.0. The molecule has 0 aliphatic carbocycles. The van der Waals surface area contributed by atoms with Crippen LogP contribution in [0, 0.1) is 6.92 Å². The Bertz CT molecular complexity index is 1300. The molecule has 1 N–H and O–H groups in total. The van der Waals surface area contributed by atoms with E-state index in [1.54, 1.807) is 31.4 Å². The van der Waals surface area contributed by atoms with Crippen molar-refractivity contribution in [2.75, 3.05) is 30.5 Å². The first-order valence-corrected chi connectivity index (χ1v) is 11.0. The second kappa shape index (κ2) is 8.86. The number of aryl methyl sites for hydroxylation is 1. The highest BCUT2D eigenvalue weighted by Gasteiger charge is 2.21. The Morgan fingerprint density at radius 1 is 1.03 bits per heavy atom. The third-order valence-corrected chi connectivity index (χ3v) is 5.95. The maximum absolute atomic E-state index is 12.5. The van der Waals surface area contributed by atoms with Crippen molar-refractivity contribution < 1.29 is 14.3 Å². The normalized spacial score (nSPS) is 13.0. The Hall–Kier alpha value is -4.00. The molecular weight excluding hydrogens is 416 g/mol. The molecule has 1 aromatic heterocycles. The van der Waals surface area contributed by atoms with Crippen molar-refractivity contribution in [2.45, 2.75) is 20.0 Å². The third kappa shape index (κ3) is 4.35. The van der Waals surface area contributed by atoms with Crippen LogP contribution in [0.3, 0.4) is 0 Å². The van der Waals surface area contributed by atoms with Crippen LogP contribution in [-0.2, 0) is 17.9 Å². The number of imidazole rings is 1. The predicted octanol–water partition coefficient (Wildman–Crippen LogP) is 4.39. The minimum atomic E-state index is -0.202. The fourth-order valence-electron chi connectivity index (χ4n) is 4.13. The first kappa shape index (κ1) is 20.9. The molecule has 0 unspecified atom stereocenters. The van der Waals surface area contributed by atoms with E-state index in [1.807, 2.05) is 25.1 Å². The minimum Gasteiger partial charge on any atom is -0.497 e. The molecule has 4 aromatic rings. The first-order chi connectivity index (χ1) is 16.1. The molecule has 0 spiro atoms. The van der Waals surface area contributed by atoms with Crippen LogP contribution in [0.25, 0.3) is 11.0 Å². The summed E-state index contributed by atoms with van der Waals surface area (Å²) in [6.45, 7) is 4.40. The molecule has 2 heterocycles. The molecule has 0 fully saturated rings. The van der Waals surface area contributed by atoms with Crippen molar-refractivity contribution in [2.24, 2.45) is 0 Å². The zero-order valence-electron chi connectivity index (χ0n) is 18.7. The van der Waals surface area contributed by atoms with Crippen molar-refractivity contribution in [3.8, 4) is 11.5 Å². The van der Waals surface area contributed by atoms with Gasteiger partial charge in [-0.2, -0.15) is 0 Å². The monoisotopic (exact) mass is 442 g/mol. The summed E-state index contributed by atoms with van der Waals surface area (Å²) >= 11 is 0. The van der Waals surface area contributed by atoms with Gasteiger partial charge in [0.15, 0.2) is 6.61 Å². The summed E-state index contributed by atoms with van der Waals surface area (Å²) in [7, 11) is 1.61. The Morgan fingerprint density at radius 3 is 2.64 bits per heavy atom. The number of benzene rings is 3. The number of fused-ring (bicyclic) bond motifs is 3. The summed E-state index contributed by atoms with van der Waals surface area (Å²) in [6, 6.07) is 21.6. The van der Waals surface area contributed by atoms with Crippen molar-refractivity contribution >= 4 is 28.3 Å². The number of amides is 1. The van der Waals surface area contributed by atoms with E-state index in [0.29, 0.717) is 5.75 Å². The molecule has 0 bridgehead atoms. The van der Waals surface area contributed by atoms with E-state index in [-0.39, 0.29) is 12.5 Å². The van der Waals surface area contributed by atoms with Crippen LogP contribution in [0.1, 0.15) is 11.4 Å². The van der Waals surface area contributed by atoms with Gasteiger partial charge < -0.3 is 24.3 Å². The van der Waals surface area contributed by atoms with Crippen LogP contribution in [0.2, 0.25) is 0 Å². The lowest BCUT2D eigenvalue weighted by Gasteiger charge is -2.30. The van der Waals surface area contributed by atoms with Crippen LogP contribution in [-0.4, -0.2) is 35.7 Å². The number of carbonyl (C=O) groups excluding carboxylic acids is 1. The average Bonchev–Trinajstić information content (AvgIpc) is 3.22. The minimum absolute atomic E-state index is 0.0657. The van der Waals surface area contributed by atoms with E-state index < -0.39 is 0 Å². The van der Waals surface area contributed by atoms with Gasteiger partial charge in [0, 0.05) is 24.5 Å². The molecule has 0 saturated heterocycles. The SMILES string of the molecule is COc1ccc(OCC(=O)Nc2cc(N3CCn4c(nc5ccccc54)C3)ccc2C)cc1. The lowest BCUT2D eigenvalue weighted by Crippen LogP contribution is -2.33. The average molecular weight is 443 g/mol. The Kier molecular flexibility index (Phi) is 5.60. The molecule has 7 heteroatoms. The quantitative estimate of drug-likeness (QED) is 0.480. The fraction of sp³-hybridized carbons (Fsp3) is 0.231. The molecule has 168 valence electrons. The Balaban J connectivity index is 1.26. The van der Waals surface area contributed by atoms with Gasteiger partial charge in [-0.25, -0.2) is 4.98 Å². The van der Waals surface area contributed by atoms with Gasteiger partial charge >= 0.3 is 0 Å². The fourth-order valence-corrected chi connectivity index (χ4v) is 4.13. The third-order valence-electron chi connectivity index (χ3n) is 5.95. The molecule has 5 rings (SSSR count). The van der Waals surface area contributed by atoms with Gasteiger partial charge in [-0.1, -0.05) is 18.2 Å². The van der Waals surface area contributed by atoms with Crippen molar-refractivity contribution in [3.05, 3.63) is 78.1 Å². The zero-order valence-corrected chi connectivity index (χ0v) is 18.7. The highest BCUT2D eigenvalue weighted by atomic mass is 16.5. The summed E-state index contributed by atoms with van der Waals surface area (Å²) in [5, 5.41) is 2.99. The highest BCUT2D eigenvalue weighted by molar-refractivity contribution is 5.93. The Labute approximate surface area is 192 Å². The molecule has 7 nitrogen and oxygen atoms in total. The van der Waals surface area contributed by atoms with Crippen LogP contribution in [0.5, 0.6) is 11.5 Å². The number of hydrogen-bond acceptors (Lipinski definition) is 5. The summed E-state index contributed by atoms with van der Waals surface area (Å²) in [5.41, 5.74) is 5.06. The molecule has 1 aliphatic rings. The lowest BCUT2D eigenvalue weighted by molar-refractivity contribution is -0.118. The van der Waals surface area contributed by atoms with Gasteiger partial charge in [0.25, 0.3) is 5.91 Å². The number of aromatic nitrogens is 2. The van der Waals surface area contributed by atoms with Gasteiger partial charge in [-0.3, -0.25) is 4.79 Å². The largest absolute Gasteiger partial charge is 0.497 e. The van der Waals surface area contributed by atoms with Crippen LogP contribution in [0.15, 0.2) is 66.7 Å². The lowest BCUT2D eigenvalue weighted by atomic mass is 10.1. The number of carbonyl (C=O) groups is 1. The van der Waals surface area contributed by atoms with E-state index in [9.17, 15) is 4.79 Å². The number of methoxy groups -OCH3 is 1. The maximum atomic E-state index is 12.5. The number of nitrogens with zero attached hydrogens (tertiary/aromatic N) is 3. The van der Waals surface area contributed by atoms with E-state index >= 15 is 0 Å². The zero-order chi connectivity index (χ0) is 22.8. The maximum Gasteiger partial charge on any atom is 0.262 e. The molecule has 0 radical (unpaired) electrons. The van der Waals surface area contributed by atoms with Crippen molar-refractivity contribution in [3.63, 3.8) is 0 Å². The number of ether oxygens (including phenoxy) is 2. The van der Waals surface area contributed by atoms with Gasteiger partial charge in [-0.05, 0) is 61.0 Å². The molecule has 3 aromatic carbocycles. The number of hydrogen-bond donors (Lipinski definition) is 1. The predicted molar refractivity (Wildman–Crippen MR) is 129 cm³/mol. The van der Waals surface area contributed by atoms with E-state index in [1.165, 1.54) is 5.52 Å². The van der Waals surface area contributed by atoms with E-state index in [2.05, 4.69) is 39.0 Å².